The van der Waals surface area contributed by atoms with Gasteiger partial charge < -0.3 is 9.64 Å². The summed E-state index contributed by atoms with van der Waals surface area (Å²) in [6.07, 6.45) is 7.45. The summed E-state index contributed by atoms with van der Waals surface area (Å²) in [6, 6.07) is 0.408. The number of morpholine rings is 1. The van der Waals surface area contributed by atoms with Crippen LogP contribution in [0.2, 0.25) is 0 Å². The number of likely N-dealkylation sites (tertiary alicyclic amines) is 1. The molecule has 0 aromatic carbocycles. The van der Waals surface area contributed by atoms with Crippen molar-refractivity contribution in [2.45, 2.75) is 38.3 Å². The Balaban J connectivity index is 1.64. The van der Waals surface area contributed by atoms with Crippen molar-refractivity contribution in [3.05, 3.63) is 12.2 Å². The SMILES string of the molecule is CCN1CCO[C@H]2CCN(C(=O)C3CC=CC3)C[C@@H]21. The Labute approximate surface area is 115 Å². The maximum Gasteiger partial charge on any atom is 0.226 e. The Morgan fingerprint density at radius 1 is 1.32 bits per heavy atom. The van der Waals surface area contributed by atoms with Crippen LogP contribution in [-0.4, -0.2) is 60.6 Å². The first-order valence-corrected chi connectivity index (χ1v) is 7.59. The smallest absolute Gasteiger partial charge is 0.226 e. The van der Waals surface area contributed by atoms with Crippen LogP contribution < -0.4 is 0 Å². The first kappa shape index (κ1) is 13.1. The summed E-state index contributed by atoms with van der Waals surface area (Å²) in [5, 5.41) is 0. The average Bonchev–Trinajstić information content (AvgIpc) is 2.99. The predicted octanol–water partition coefficient (Wildman–Crippen LogP) is 1.27. The molecule has 1 amide bonds. The van der Waals surface area contributed by atoms with E-state index in [1.807, 2.05) is 0 Å². The predicted molar refractivity (Wildman–Crippen MR) is 73.8 cm³/mol. The highest BCUT2D eigenvalue weighted by Crippen LogP contribution is 2.26. The minimum Gasteiger partial charge on any atom is -0.375 e. The van der Waals surface area contributed by atoms with Gasteiger partial charge in [-0.2, -0.15) is 0 Å². The third-order valence-corrected chi connectivity index (χ3v) is 4.77. The number of carbonyl (C=O) groups excluding carboxylic acids is 1. The van der Waals surface area contributed by atoms with Crippen molar-refractivity contribution < 1.29 is 9.53 Å². The van der Waals surface area contributed by atoms with Gasteiger partial charge >= 0.3 is 0 Å². The zero-order valence-corrected chi connectivity index (χ0v) is 11.8. The molecule has 3 aliphatic rings. The molecule has 2 fully saturated rings. The van der Waals surface area contributed by atoms with Crippen molar-refractivity contribution in [3.63, 3.8) is 0 Å². The van der Waals surface area contributed by atoms with Gasteiger partial charge in [-0.3, -0.25) is 9.69 Å². The molecular weight excluding hydrogens is 240 g/mol. The number of hydrogen-bond donors (Lipinski definition) is 0. The van der Waals surface area contributed by atoms with E-state index in [1.54, 1.807) is 0 Å². The molecule has 2 aliphatic heterocycles. The molecule has 0 aromatic rings. The van der Waals surface area contributed by atoms with Crippen molar-refractivity contribution >= 4 is 5.91 Å². The molecule has 0 radical (unpaired) electrons. The summed E-state index contributed by atoms with van der Waals surface area (Å²) >= 11 is 0. The first-order valence-electron chi connectivity index (χ1n) is 7.59. The topological polar surface area (TPSA) is 32.8 Å². The molecule has 4 nitrogen and oxygen atoms in total. The van der Waals surface area contributed by atoms with E-state index in [-0.39, 0.29) is 5.92 Å². The maximum absolute atomic E-state index is 12.5. The van der Waals surface area contributed by atoms with E-state index in [0.29, 0.717) is 18.1 Å². The quantitative estimate of drug-likeness (QED) is 0.704. The summed E-state index contributed by atoms with van der Waals surface area (Å²) < 4.78 is 5.88. The normalized spacial score (nSPS) is 32.6. The fraction of sp³-hybridized carbons (Fsp3) is 0.800. The highest BCUT2D eigenvalue weighted by atomic mass is 16.5. The van der Waals surface area contributed by atoms with Crippen LogP contribution in [0, 0.1) is 5.92 Å². The molecule has 0 unspecified atom stereocenters. The van der Waals surface area contributed by atoms with Gasteiger partial charge in [-0.05, 0) is 25.8 Å². The van der Waals surface area contributed by atoms with Gasteiger partial charge in [0.05, 0.1) is 18.8 Å². The molecule has 3 rings (SSSR count). The molecular formula is C15H24N2O2. The summed E-state index contributed by atoms with van der Waals surface area (Å²) in [6.45, 7) is 6.82. The molecule has 19 heavy (non-hydrogen) atoms. The third-order valence-electron chi connectivity index (χ3n) is 4.77. The van der Waals surface area contributed by atoms with Crippen LogP contribution in [0.15, 0.2) is 12.2 Å². The van der Waals surface area contributed by atoms with Crippen molar-refractivity contribution in [1.29, 1.82) is 0 Å². The minimum absolute atomic E-state index is 0.205. The highest BCUT2D eigenvalue weighted by molar-refractivity contribution is 5.79. The average molecular weight is 264 g/mol. The van der Waals surface area contributed by atoms with Gasteiger partial charge in [-0.1, -0.05) is 19.1 Å². The largest absolute Gasteiger partial charge is 0.375 e. The van der Waals surface area contributed by atoms with Gasteiger partial charge in [0.2, 0.25) is 5.91 Å². The number of rotatable bonds is 2. The fourth-order valence-electron chi connectivity index (χ4n) is 3.61. The number of piperidine rings is 1. The number of ether oxygens (including phenoxy) is 1. The van der Waals surface area contributed by atoms with Crippen LogP contribution in [0.3, 0.4) is 0 Å². The van der Waals surface area contributed by atoms with Gasteiger partial charge in [-0.15, -0.1) is 0 Å². The molecule has 0 saturated carbocycles. The number of carbonyl (C=O) groups is 1. The number of nitrogens with zero attached hydrogens (tertiary/aromatic N) is 2. The van der Waals surface area contributed by atoms with Gasteiger partial charge in [-0.25, -0.2) is 0 Å². The van der Waals surface area contributed by atoms with Crippen LogP contribution in [0.4, 0.5) is 0 Å². The Kier molecular flexibility index (Phi) is 3.89. The Bertz CT molecular complexity index is 355. The van der Waals surface area contributed by atoms with Crippen LogP contribution in [0.1, 0.15) is 26.2 Å². The lowest BCUT2D eigenvalue weighted by molar-refractivity contribution is -0.146. The third kappa shape index (κ3) is 2.56. The molecule has 0 bridgehead atoms. The molecule has 0 spiro atoms. The lowest BCUT2D eigenvalue weighted by Gasteiger charge is -2.47. The number of amides is 1. The first-order chi connectivity index (χ1) is 9.29. The van der Waals surface area contributed by atoms with Gasteiger partial charge in [0.15, 0.2) is 0 Å². The molecule has 0 aromatic heterocycles. The Morgan fingerprint density at radius 2 is 2.11 bits per heavy atom. The molecule has 106 valence electrons. The highest BCUT2D eigenvalue weighted by Gasteiger charge is 2.38. The summed E-state index contributed by atoms with van der Waals surface area (Å²) in [5.74, 6) is 0.557. The lowest BCUT2D eigenvalue weighted by Crippen LogP contribution is -2.61. The van der Waals surface area contributed by atoms with E-state index in [2.05, 4.69) is 28.9 Å². The van der Waals surface area contributed by atoms with E-state index in [9.17, 15) is 4.79 Å². The monoisotopic (exact) mass is 264 g/mol. The van der Waals surface area contributed by atoms with Crippen molar-refractivity contribution in [3.8, 4) is 0 Å². The standard InChI is InChI=1S/C15H24N2O2/c1-2-16-9-10-19-14-7-8-17(11-13(14)16)15(18)12-5-3-4-6-12/h3-4,12-14H,2,5-11H2,1H3/t13-,14-/m0/s1. The maximum atomic E-state index is 12.5. The number of hydrogen-bond acceptors (Lipinski definition) is 3. The van der Waals surface area contributed by atoms with Crippen LogP contribution in [0.25, 0.3) is 0 Å². The second-order valence-electron chi connectivity index (χ2n) is 5.82. The van der Waals surface area contributed by atoms with Gasteiger partial charge in [0, 0.05) is 25.6 Å². The molecule has 2 saturated heterocycles. The molecule has 2 heterocycles. The van der Waals surface area contributed by atoms with Crippen molar-refractivity contribution in [1.82, 2.24) is 9.80 Å². The molecule has 1 aliphatic carbocycles. The zero-order chi connectivity index (χ0) is 13.2. The summed E-state index contributed by atoms with van der Waals surface area (Å²) in [4.78, 5) is 17.0. The van der Waals surface area contributed by atoms with E-state index in [0.717, 1.165) is 52.0 Å². The second kappa shape index (κ2) is 5.63. The van der Waals surface area contributed by atoms with E-state index in [4.69, 9.17) is 4.74 Å². The Morgan fingerprint density at radius 3 is 2.84 bits per heavy atom. The molecule has 4 heteroatoms. The Hall–Kier alpha value is -0.870. The van der Waals surface area contributed by atoms with Crippen molar-refractivity contribution in [2.75, 3.05) is 32.8 Å². The zero-order valence-electron chi connectivity index (χ0n) is 11.8. The number of fused-ring (bicyclic) bond motifs is 1. The van der Waals surface area contributed by atoms with Crippen molar-refractivity contribution in [2.24, 2.45) is 5.92 Å². The summed E-state index contributed by atoms with van der Waals surface area (Å²) in [7, 11) is 0. The summed E-state index contributed by atoms with van der Waals surface area (Å²) in [5.41, 5.74) is 0. The number of likely N-dealkylation sites (N-methyl/N-ethyl adjacent to an activating group) is 1. The second-order valence-corrected chi connectivity index (χ2v) is 5.82. The molecule has 0 N–H and O–H groups in total. The lowest BCUT2D eigenvalue weighted by atomic mass is 9.96. The van der Waals surface area contributed by atoms with Gasteiger partial charge in [0.1, 0.15) is 0 Å². The fourth-order valence-corrected chi connectivity index (χ4v) is 3.61. The molecule has 2 atom stereocenters. The minimum atomic E-state index is 0.205. The van der Waals surface area contributed by atoms with Gasteiger partial charge in [0.25, 0.3) is 0 Å². The van der Waals surface area contributed by atoms with Crippen LogP contribution in [0.5, 0.6) is 0 Å². The van der Waals surface area contributed by atoms with Crippen LogP contribution in [-0.2, 0) is 9.53 Å². The van der Waals surface area contributed by atoms with E-state index in [1.165, 1.54) is 0 Å². The van der Waals surface area contributed by atoms with Crippen LogP contribution >= 0.6 is 0 Å². The number of allylic oxidation sites excluding steroid dienone is 2. The van der Waals surface area contributed by atoms with E-state index < -0.39 is 0 Å². The van der Waals surface area contributed by atoms with E-state index >= 15 is 0 Å².